The average Bonchev–Trinajstić information content (AvgIpc) is 2.70. The number of amides is 2. The maximum absolute atomic E-state index is 12.3. The number of carbonyl (C=O) groups is 2. The number of methoxy groups -OCH3 is 1. The van der Waals surface area contributed by atoms with Crippen molar-refractivity contribution in [2.24, 2.45) is 0 Å². The Labute approximate surface area is 174 Å². The molecule has 0 heterocycles. The van der Waals surface area contributed by atoms with Gasteiger partial charge in [0.25, 0.3) is 5.91 Å². The van der Waals surface area contributed by atoms with Gasteiger partial charge in [-0.3, -0.25) is 9.59 Å². The van der Waals surface area contributed by atoms with Crippen molar-refractivity contribution < 1.29 is 27.5 Å². The summed E-state index contributed by atoms with van der Waals surface area (Å²) in [4.78, 5) is 24.4. The molecule has 0 aliphatic carbocycles. The van der Waals surface area contributed by atoms with Gasteiger partial charge >= 0.3 is 0 Å². The van der Waals surface area contributed by atoms with E-state index >= 15 is 0 Å². The van der Waals surface area contributed by atoms with Crippen LogP contribution in [-0.2, 0) is 14.8 Å². The molecule has 8 nitrogen and oxygen atoms in total. The first kappa shape index (κ1) is 22.5. The lowest BCUT2D eigenvalue weighted by Gasteiger charge is -2.10. The number of benzene rings is 2. The van der Waals surface area contributed by atoms with Gasteiger partial charge in [-0.2, -0.15) is 0 Å². The molecule has 0 aliphatic heterocycles. The summed E-state index contributed by atoms with van der Waals surface area (Å²) in [6.07, 6.45) is 8.85. The normalized spacial score (nSPS) is 10.8. The summed E-state index contributed by atoms with van der Waals surface area (Å²) in [5, 5.41) is 2.56. The molecule has 0 radical (unpaired) electrons. The van der Waals surface area contributed by atoms with Crippen molar-refractivity contribution in [3.05, 3.63) is 59.7 Å². The molecule has 156 valence electrons. The van der Waals surface area contributed by atoms with E-state index < -0.39 is 21.8 Å². The predicted molar refractivity (Wildman–Crippen MR) is 114 cm³/mol. The summed E-state index contributed by atoms with van der Waals surface area (Å²) in [7, 11) is -2.26. The van der Waals surface area contributed by atoms with Crippen molar-refractivity contribution >= 4 is 33.6 Å². The minimum Gasteiger partial charge on any atom is -0.493 e. The fourth-order valence-electron chi connectivity index (χ4n) is 2.39. The van der Waals surface area contributed by atoms with Crippen molar-refractivity contribution in [1.29, 1.82) is 0 Å². The van der Waals surface area contributed by atoms with Crippen LogP contribution in [0.15, 0.2) is 48.5 Å². The molecule has 9 heteroatoms. The van der Waals surface area contributed by atoms with E-state index in [2.05, 4.69) is 11.2 Å². The first-order valence-corrected chi connectivity index (χ1v) is 10.5. The Balaban J connectivity index is 2.14. The second kappa shape index (κ2) is 10.1. The maximum Gasteiger partial charge on any atom is 0.266 e. The third kappa shape index (κ3) is 6.68. The van der Waals surface area contributed by atoms with E-state index in [1.165, 1.54) is 25.3 Å². The lowest BCUT2D eigenvalue weighted by atomic mass is 10.1. The van der Waals surface area contributed by atoms with Crippen LogP contribution in [-0.4, -0.2) is 40.2 Å². The maximum atomic E-state index is 12.3. The van der Waals surface area contributed by atoms with Crippen molar-refractivity contribution in [3.8, 4) is 23.8 Å². The van der Waals surface area contributed by atoms with Gasteiger partial charge in [0.05, 0.1) is 24.6 Å². The van der Waals surface area contributed by atoms with Crippen molar-refractivity contribution in [2.45, 2.75) is 0 Å². The lowest BCUT2D eigenvalue weighted by molar-refractivity contribution is -0.111. The fraction of sp³-hybridized carbons (Fsp3) is 0.143. The van der Waals surface area contributed by atoms with Gasteiger partial charge in [0.1, 0.15) is 6.61 Å². The zero-order chi connectivity index (χ0) is 22.1. The van der Waals surface area contributed by atoms with E-state index in [0.717, 1.165) is 6.26 Å². The molecule has 0 saturated heterocycles. The molecule has 2 N–H and O–H groups in total. The Morgan fingerprint density at radius 1 is 1.17 bits per heavy atom. The molecular weight excluding hydrogens is 408 g/mol. The molecule has 0 bridgehead atoms. The summed E-state index contributed by atoms with van der Waals surface area (Å²) in [5.41, 5.74) is 0.850. The highest BCUT2D eigenvalue weighted by molar-refractivity contribution is 7.89. The molecule has 0 aliphatic rings. The van der Waals surface area contributed by atoms with Crippen LogP contribution in [0.5, 0.6) is 11.5 Å². The number of terminal acetylenes is 1. The van der Waals surface area contributed by atoms with E-state index in [0.29, 0.717) is 17.1 Å². The molecule has 0 fully saturated rings. The number of ether oxygens (including phenoxy) is 2. The van der Waals surface area contributed by atoms with Crippen LogP contribution in [0.2, 0.25) is 0 Å². The SMILES string of the molecule is C#CCOc1ccc(C=CC(=O)Nc2ccccc2C(=O)NS(C)(=O)=O)cc1OC. The van der Waals surface area contributed by atoms with Crippen LogP contribution in [0.1, 0.15) is 15.9 Å². The highest BCUT2D eigenvalue weighted by Crippen LogP contribution is 2.28. The summed E-state index contributed by atoms with van der Waals surface area (Å²) < 4.78 is 35.0. The number of nitrogens with one attached hydrogen (secondary N) is 2. The Morgan fingerprint density at radius 3 is 2.57 bits per heavy atom. The van der Waals surface area contributed by atoms with Gasteiger partial charge in [-0.25, -0.2) is 13.1 Å². The molecule has 0 saturated carbocycles. The Morgan fingerprint density at radius 2 is 1.90 bits per heavy atom. The minimum absolute atomic E-state index is 0.0151. The molecule has 2 amide bonds. The zero-order valence-electron chi connectivity index (χ0n) is 16.3. The third-order valence-corrected chi connectivity index (χ3v) is 4.19. The molecule has 2 aromatic rings. The van der Waals surface area contributed by atoms with Gasteiger partial charge < -0.3 is 14.8 Å². The van der Waals surface area contributed by atoms with Gasteiger partial charge in [-0.15, -0.1) is 6.42 Å². The molecule has 0 unspecified atom stereocenters. The number of hydrogen-bond donors (Lipinski definition) is 2. The van der Waals surface area contributed by atoms with Gasteiger partial charge in [-0.05, 0) is 35.9 Å². The van der Waals surface area contributed by atoms with E-state index in [9.17, 15) is 18.0 Å². The van der Waals surface area contributed by atoms with Crippen LogP contribution in [0.25, 0.3) is 6.08 Å². The van der Waals surface area contributed by atoms with Crippen LogP contribution >= 0.6 is 0 Å². The van der Waals surface area contributed by atoms with E-state index in [-0.39, 0.29) is 17.9 Å². The standard InChI is InChI=1S/C21H20N2O6S/c1-4-13-29-18-11-9-15(14-19(18)28-2)10-12-20(24)22-17-8-6-5-7-16(17)21(25)23-30(3,26)27/h1,5-12,14H,13H2,2-3H3,(H,22,24)(H,23,25). The molecule has 0 atom stereocenters. The number of anilines is 1. The summed E-state index contributed by atoms with van der Waals surface area (Å²) in [6, 6.07) is 11.1. The second-order valence-electron chi connectivity index (χ2n) is 5.97. The number of hydrogen-bond acceptors (Lipinski definition) is 6. The van der Waals surface area contributed by atoms with Gasteiger partial charge in [0.2, 0.25) is 15.9 Å². The third-order valence-electron chi connectivity index (χ3n) is 3.63. The lowest BCUT2D eigenvalue weighted by Crippen LogP contribution is -2.30. The predicted octanol–water partition coefficient (Wildman–Crippen LogP) is 2.05. The first-order chi connectivity index (χ1) is 14.2. The Bertz CT molecular complexity index is 1120. The average molecular weight is 428 g/mol. The molecule has 2 rings (SSSR count). The topological polar surface area (TPSA) is 111 Å². The highest BCUT2D eigenvalue weighted by atomic mass is 32.2. The molecule has 0 aromatic heterocycles. The Hall–Kier alpha value is -3.77. The van der Waals surface area contributed by atoms with Gasteiger partial charge in [-0.1, -0.05) is 24.1 Å². The summed E-state index contributed by atoms with van der Waals surface area (Å²) in [5.74, 6) is 1.94. The number of carbonyl (C=O) groups excluding carboxylic acids is 2. The van der Waals surface area contributed by atoms with Crippen LogP contribution < -0.4 is 19.5 Å². The number of para-hydroxylation sites is 1. The molecule has 2 aromatic carbocycles. The van der Waals surface area contributed by atoms with E-state index in [4.69, 9.17) is 15.9 Å². The highest BCUT2D eigenvalue weighted by Gasteiger charge is 2.15. The van der Waals surface area contributed by atoms with E-state index in [1.807, 2.05) is 4.72 Å². The second-order valence-corrected chi connectivity index (χ2v) is 7.72. The Kier molecular flexibility index (Phi) is 7.61. The van der Waals surface area contributed by atoms with Crippen LogP contribution in [0.3, 0.4) is 0 Å². The van der Waals surface area contributed by atoms with Crippen LogP contribution in [0.4, 0.5) is 5.69 Å². The monoisotopic (exact) mass is 428 g/mol. The minimum atomic E-state index is -3.74. The molecular formula is C21H20N2O6S. The summed E-state index contributed by atoms with van der Waals surface area (Å²) in [6.45, 7) is 0.0975. The molecule has 30 heavy (non-hydrogen) atoms. The zero-order valence-corrected chi connectivity index (χ0v) is 17.2. The quantitative estimate of drug-likeness (QED) is 0.492. The summed E-state index contributed by atoms with van der Waals surface area (Å²) >= 11 is 0. The first-order valence-electron chi connectivity index (χ1n) is 8.58. The van der Waals surface area contributed by atoms with Crippen molar-refractivity contribution in [1.82, 2.24) is 4.72 Å². The molecule has 0 spiro atoms. The van der Waals surface area contributed by atoms with Crippen LogP contribution in [0, 0.1) is 12.3 Å². The fourth-order valence-corrected chi connectivity index (χ4v) is 2.83. The number of sulfonamides is 1. The number of rotatable bonds is 8. The van der Waals surface area contributed by atoms with Crippen molar-refractivity contribution in [2.75, 3.05) is 25.3 Å². The smallest absolute Gasteiger partial charge is 0.266 e. The van der Waals surface area contributed by atoms with Gasteiger partial charge in [0, 0.05) is 6.08 Å². The van der Waals surface area contributed by atoms with E-state index in [1.54, 1.807) is 36.4 Å². The largest absolute Gasteiger partial charge is 0.493 e. The van der Waals surface area contributed by atoms with Crippen molar-refractivity contribution in [3.63, 3.8) is 0 Å². The van der Waals surface area contributed by atoms with Gasteiger partial charge in [0.15, 0.2) is 11.5 Å².